The summed E-state index contributed by atoms with van der Waals surface area (Å²) in [6.45, 7) is 3.79. The molecule has 1 amide bonds. The van der Waals surface area contributed by atoms with E-state index in [-0.39, 0.29) is 5.91 Å². The number of hydrogen-bond acceptors (Lipinski definition) is 3. The maximum absolute atomic E-state index is 12.5. The number of carbonyl (C=O) groups excluding carboxylic acids is 1. The van der Waals surface area contributed by atoms with E-state index in [1.165, 1.54) is 18.4 Å². The minimum absolute atomic E-state index is 0.00155. The highest BCUT2D eigenvalue weighted by atomic mass is 16.2. The van der Waals surface area contributed by atoms with E-state index < -0.39 is 0 Å². The summed E-state index contributed by atoms with van der Waals surface area (Å²) in [4.78, 5) is 14.4. The van der Waals surface area contributed by atoms with Gasteiger partial charge in [-0.25, -0.2) is 4.68 Å². The molecular formula is C17H22N4O. The van der Waals surface area contributed by atoms with Gasteiger partial charge in [-0.3, -0.25) is 4.79 Å². The van der Waals surface area contributed by atoms with Gasteiger partial charge in [-0.1, -0.05) is 37.1 Å². The van der Waals surface area contributed by atoms with Crippen LogP contribution in [-0.4, -0.2) is 38.9 Å². The summed E-state index contributed by atoms with van der Waals surface area (Å²) in [6, 6.07) is 8.17. The highest BCUT2D eigenvalue weighted by Gasteiger charge is 2.20. The minimum atomic E-state index is -0.00155. The van der Waals surface area contributed by atoms with Crippen molar-refractivity contribution in [3.63, 3.8) is 0 Å². The number of benzene rings is 1. The van der Waals surface area contributed by atoms with E-state index in [1.807, 2.05) is 17.0 Å². The molecule has 0 saturated carbocycles. The van der Waals surface area contributed by atoms with E-state index in [0.717, 1.165) is 38.0 Å². The summed E-state index contributed by atoms with van der Waals surface area (Å²) in [5.41, 5.74) is 2.64. The molecule has 22 heavy (non-hydrogen) atoms. The number of rotatable bonds is 3. The first-order valence-electron chi connectivity index (χ1n) is 8.09. The normalized spacial score (nSPS) is 15.6. The first-order valence-corrected chi connectivity index (χ1v) is 8.09. The highest BCUT2D eigenvalue weighted by Crippen LogP contribution is 2.14. The number of nitrogens with zero attached hydrogens (tertiary/aromatic N) is 4. The Morgan fingerprint density at radius 1 is 1.09 bits per heavy atom. The van der Waals surface area contributed by atoms with Gasteiger partial charge in [0.25, 0.3) is 5.91 Å². The van der Waals surface area contributed by atoms with Crippen LogP contribution < -0.4 is 0 Å². The van der Waals surface area contributed by atoms with Crippen molar-refractivity contribution < 1.29 is 4.79 Å². The predicted molar refractivity (Wildman–Crippen MR) is 85.1 cm³/mol. The molecule has 1 aliphatic heterocycles. The highest BCUT2D eigenvalue weighted by molar-refractivity contribution is 5.92. The van der Waals surface area contributed by atoms with Crippen LogP contribution in [0.4, 0.5) is 0 Å². The average molecular weight is 298 g/mol. The fraction of sp³-hybridized carbons (Fsp3) is 0.471. The Bertz CT molecular complexity index is 624. The summed E-state index contributed by atoms with van der Waals surface area (Å²) in [5, 5.41) is 8.16. The lowest BCUT2D eigenvalue weighted by Gasteiger charge is -2.18. The quantitative estimate of drug-likeness (QED) is 0.875. The molecule has 0 bridgehead atoms. The van der Waals surface area contributed by atoms with Gasteiger partial charge < -0.3 is 4.90 Å². The smallest absolute Gasteiger partial charge is 0.276 e. The third-order valence-corrected chi connectivity index (χ3v) is 4.21. The van der Waals surface area contributed by atoms with Gasteiger partial charge in [0.2, 0.25) is 0 Å². The molecule has 3 rings (SSSR count). The van der Waals surface area contributed by atoms with Crippen molar-refractivity contribution in [3.05, 3.63) is 41.7 Å². The molecule has 1 fully saturated rings. The fourth-order valence-corrected chi connectivity index (χ4v) is 2.81. The summed E-state index contributed by atoms with van der Waals surface area (Å²) in [7, 11) is 0. The first kappa shape index (κ1) is 14.8. The third kappa shape index (κ3) is 3.18. The molecule has 2 heterocycles. The van der Waals surface area contributed by atoms with Crippen LogP contribution in [0.1, 0.15) is 48.7 Å². The lowest BCUT2D eigenvalue weighted by atomic mass is 10.1. The molecule has 0 N–H and O–H groups in total. The molecular weight excluding hydrogens is 276 g/mol. The van der Waals surface area contributed by atoms with Gasteiger partial charge in [-0.05, 0) is 37.0 Å². The zero-order valence-electron chi connectivity index (χ0n) is 13.0. The van der Waals surface area contributed by atoms with Crippen LogP contribution in [0.3, 0.4) is 0 Å². The Morgan fingerprint density at radius 2 is 1.77 bits per heavy atom. The van der Waals surface area contributed by atoms with E-state index in [1.54, 1.807) is 10.9 Å². The first-order chi connectivity index (χ1) is 10.8. The predicted octanol–water partition coefficient (Wildman–Crippen LogP) is 2.85. The molecule has 0 unspecified atom stereocenters. The molecule has 1 aliphatic rings. The monoisotopic (exact) mass is 298 g/mol. The van der Waals surface area contributed by atoms with Crippen molar-refractivity contribution in [1.82, 2.24) is 19.9 Å². The van der Waals surface area contributed by atoms with E-state index in [9.17, 15) is 4.79 Å². The summed E-state index contributed by atoms with van der Waals surface area (Å²) in [6.07, 6.45) is 7.32. The van der Waals surface area contributed by atoms with Gasteiger partial charge in [0, 0.05) is 13.1 Å². The number of aromatic nitrogens is 3. The second-order valence-electron chi connectivity index (χ2n) is 5.77. The molecule has 0 atom stereocenters. The Labute approximate surface area is 130 Å². The van der Waals surface area contributed by atoms with Crippen molar-refractivity contribution >= 4 is 5.91 Å². The van der Waals surface area contributed by atoms with Gasteiger partial charge in [0.1, 0.15) is 0 Å². The number of aryl methyl sites for hydroxylation is 1. The van der Waals surface area contributed by atoms with Gasteiger partial charge in [-0.15, -0.1) is 5.10 Å². The van der Waals surface area contributed by atoms with Crippen LogP contribution in [0.5, 0.6) is 0 Å². The van der Waals surface area contributed by atoms with Crippen molar-refractivity contribution in [2.75, 3.05) is 13.1 Å². The van der Waals surface area contributed by atoms with Crippen LogP contribution >= 0.6 is 0 Å². The molecule has 0 spiro atoms. The standard InChI is InChI=1S/C17H22N4O/c1-2-14-7-9-15(10-8-14)21-13-16(18-19-21)17(22)20-11-5-3-4-6-12-20/h7-10,13H,2-6,11-12H2,1H3. The van der Waals surface area contributed by atoms with Crippen molar-refractivity contribution in [3.8, 4) is 5.69 Å². The van der Waals surface area contributed by atoms with E-state index in [0.29, 0.717) is 5.69 Å². The zero-order valence-corrected chi connectivity index (χ0v) is 13.0. The molecule has 0 radical (unpaired) electrons. The molecule has 1 saturated heterocycles. The summed E-state index contributed by atoms with van der Waals surface area (Å²) < 4.78 is 1.67. The van der Waals surface area contributed by atoms with Crippen LogP contribution in [0.15, 0.2) is 30.5 Å². The molecule has 5 heteroatoms. The van der Waals surface area contributed by atoms with E-state index in [4.69, 9.17) is 0 Å². The molecule has 0 aliphatic carbocycles. The SMILES string of the molecule is CCc1ccc(-n2cc(C(=O)N3CCCCCC3)nn2)cc1. The summed E-state index contributed by atoms with van der Waals surface area (Å²) >= 11 is 0. The number of amides is 1. The molecule has 1 aromatic heterocycles. The van der Waals surface area contributed by atoms with Crippen LogP contribution in [0, 0.1) is 0 Å². The maximum Gasteiger partial charge on any atom is 0.276 e. The Hall–Kier alpha value is -2.17. The van der Waals surface area contributed by atoms with Crippen LogP contribution in [0.2, 0.25) is 0 Å². The van der Waals surface area contributed by atoms with Crippen molar-refractivity contribution in [2.24, 2.45) is 0 Å². The van der Waals surface area contributed by atoms with Crippen molar-refractivity contribution in [1.29, 1.82) is 0 Å². The maximum atomic E-state index is 12.5. The molecule has 2 aromatic rings. The Balaban J connectivity index is 1.75. The van der Waals surface area contributed by atoms with E-state index in [2.05, 4.69) is 29.4 Å². The van der Waals surface area contributed by atoms with Crippen molar-refractivity contribution in [2.45, 2.75) is 39.0 Å². The van der Waals surface area contributed by atoms with Crippen LogP contribution in [-0.2, 0) is 6.42 Å². The number of hydrogen-bond donors (Lipinski definition) is 0. The second-order valence-corrected chi connectivity index (χ2v) is 5.77. The number of carbonyl (C=O) groups is 1. The molecule has 116 valence electrons. The second kappa shape index (κ2) is 6.73. The molecule has 1 aromatic carbocycles. The topological polar surface area (TPSA) is 51.0 Å². The minimum Gasteiger partial charge on any atom is -0.337 e. The van der Waals surface area contributed by atoms with Gasteiger partial charge in [-0.2, -0.15) is 0 Å². The third-order valence-electron chi connectivity index (χ3n) is 4.21. The lowest BCUT2D eigenvalue weighted by molar-refractivity contribution is 0.0755. The van der Waals surface area contributed by atoms with Gasteiger partial charge in [0.15, 0.2) is 5.69 Å². The Morgan fingerprint density at radius 3 is 2.41 bits per heavy atom. The fourth-order valence-electron chi connectivity index (χ4n) is 2.81. The lowest BCUT2D eigenvalue weighted by Crippen LogP contribution is -2.32. The zero-order chi connectivity index (χ0) is 15.4. The number of likely N-dealkylation sites (tertiary alicyclic amines) is 1. The molecule has 5 nitrogen and oxygen atoms in total. The van der Waals surface area contributed by atoms with Gasteiger partial charge >= 0.3 is 0 Å². The van der Waals surface area contributed by atoms with E-state index >= 15 is 0 Å². The summed E-state index contributed by atoms with van der Waals surface area (Å²) in [5.74, 6) is -0.00155. The average Bonchev–Trinajstić information content (AvgIpc) is 2.90. The Kier molecular flexibility index (Phi) is 4.51. The van der Waals surface area contributed by atoms with Crippen LogP contribution in [0.25, 0.3) is 5.69 Å². The largest absolute Gasteiger partial charge is 0.337 e. The van der Waals surface area contributed by atoms with Gasteiger partial charge in [0.05, 0.1) is 11.9 Å².